The van der Waals surface area contributed by atoms with Crippen molar-refractivity contribution in [3.8, 4) is 0 Å². The molecule has 0 radical (unpaired) electrons. The number of aryl methyl sites for hydroxylation is 3. The normalized spacial score (nSPS) is 17.1. The third-order valence-electron chi connectivity index (χ3n) is 5.60. The maximum atomic E-state index is 13.2. The van der Waals surface area contributed by atoms with E-state index in [4.69, 9.17) is 0 Å². The Morgan fingerprint density at radius 3 is 2.71 bits per heavy atom. The van der Waals surface area contributed by atoms with E-state index in [9.17, 15) is 14.4 Å². The highest BCUT2D eigenvalue weighted by Crippen LogP contribution is 2.20. The summed E-state index contributed by atoms with van der Waals surface area (Å²) in [5.41, 5.74) is 1.39. The summed E-state index contributed by atoms with van der Waals surface area (Å²) in [5, 5.41) is 13.0. The van der Waals surface area contributed by atoms with Crippen molar-refractivity contribution < 1.29 is 9.59 Å². The molecule has 3 aromatic rings. The van der Waals surface area contributed by atoms with E-state index >= 15 is 0 Å². The van der Waals surface area contributed by atoms with Crippen molar-refractivity contribution in [2.75, 3.05) is 12.4 Å². The number of pyridine rings is 2. The Labute approximate surface area is 193 Å². The molecular formula is C22H21N9O3. The van der Waals surface area contributed by atoms with E-state index in [1.807, 2.05) is 13.8 Å². The van der Waals surface area contributed by atoms with Gasteiger partial charge in [0.2, 0.25) is 5.43 Å². The third kappa shape index (κ3) is 3.39. The summed E-state index contributed by atoms with van der Waals surface area (Å²) in [6, 6.07) is 5.01. The van der Waals surface area contributed by atoms with Gasteiger partial charge in [0.25, 0.3) is 17.8 Å². The molecule has 0 aromatic carbocycles. The molecule has 2 aliphatic rings. The molecule has 0 spiro atoms. The Morgan fingerprint density at radius 2 is 1.94 bits per heavy atom. The number of nitrogens with zero attached hydrogens (tertiary/aromatic N) is 8. The molecule has 1 N–H and O–H groups in total. The number of amidine groups is 1. The van der Waals surface area contributed by atoms with Crippen molar-refractivity contribution in [1.29, 1.82) is 0 Å². The van der Waals surface area contributed by atoms with Crippen molar-refractivity contribution in [3.05, 3.63) is 51.6 Å². The molecule has 3 aromatic heterocycles. The van der Waals surface area contributed by atoms with Gasteiger partial charge in [-0.25, -0.2) is 4.98 Å². The number of hydrogen-bond acceptors (Lipinski definition) is 8. The van der Waals surface area contributed by atoms with Crippen LogP contribution in [0.2, 0.25) is 0 Å². The van der Waals surface area contributed by atoms with E-state index in [0.717, 1.165) is 5.69 Å². The molecule has 12 nitrogen and oxygen atoms in total. The van der Waals surface area contributed by atoms with Crippen molar-refractivity contribution in [2.24, 2.45) is 21.0 Å². The molecular weight excluding hydrogens is 438 g/mol. The van der Waals surface area contributed by atoms with Gasteiger partial charge in [0.15, 0.2) is 0 Å². The Bertz CT molecular complexity index is 1530. The second-order valence-corrected chi connectivity index (χ2v) is 8.00. The van der Waals surface area contributed by atoms with E-state index in [1.54, 1.807) is 36.7 Å². The van der Waals surface area contributed by atoms with Crippen LogP contribution in [-0.4, -0.2) is 61.2 Å². The number of rotatable bonds is 3. The Balaban J connectivity index is 1.53. The van der Waals surface area contributed by atoms with Crippen LogP contribution in [0.1, 0.15) is 28.7 Å². The lowest BCUT2D eigenvalue weighted by Gasteiger charge is -2.17. The first-order valence-corrected chi connectivity index (χ1v) is 10.6. The van der Waals surface area contributed by atoms with Crippen molar-refractivity contribution in [2.45, 2.75) is 27.3 Å². The number of amides is 2. The topological polar surface area (TPSA) is 139 Å². The quantitative estimate of drug-likeness (QED) is 0.624. The predicted octanol–water partition coefficient (Wildman–Crippen LogP) is 1.17. The number of hydrazone groups is 1. The second-order valence-electron chi connectivity index (χ2n) is 8.00. The zero-order valence-corrected chi connectivity index (χ0v) is 19.0. The largest absolute Gasteiger partial charge is 0.332 e. The number of aliphatic imine (C=N–C) groups is 2. The fraction of sp³-hybridized carbons (Fsp3) is 0.273. The first kappa shape index (κ1) is 21.4. The summed E-state index contributed by atoms with van der Waals surface area (Å²) in [7, 11) is 1.68. The van der Waals surface area contributed by atoms with Crippen molar-refractivity contribution in [1.82, 2.24) is 24.3 Å². The third-order valence-corrected chi connectivity index (χ3v) is 5.60. The van der Waals surface area contributed by atoms with Crippen LogP contribution in [0.25, 0.3) is 11.0 Å². The number of anilines is 1. The summed E-state index contributed by atoms with van der Waals surface area (Å²) in [5.74, 6) is -1.04. The van der Waals surface area contributed by atoms with Gasteiger partial charge in [-0.1, -0.05) is 0 Å². The zero-order valence-electron chi connectivity index (χ0n) is 19.0. The summed E-state index contributed by atoms with van der Waals surface area (Å²) >= 11 is 0. The number of aromatic nitrogens is 4. The van der Waals surface area contributed by atoms with Crippen LogP contribution < -0.4 is 10.7 Å². The number of fused-ring (bicyclic) bond motifs is 2. The molecule has 34 heavy (non-hydrogen) atoms. The average Bonchev–Trinajstić information content (AvgIpc) is 3.36. The average molecular weight is 459 g/mol. The summed E-state index contributed by atoms with van der Waals surface area (Å²) in [4.78, 5) is 51.6. The van der Waals surface area contributed by atoms with E-state index in [0.29, 0.717) is 29.1 Å². The van der Waals surface area contributed by atoms with Gasteiger partial charge < -0.3 is 9.88 Å². The summed E-state index contributed by atoms with van der Waals surface area (Å²) < 4.78 is 3.03. The van der Waals surface area contributed by atoms with E-state index in [2.05, 4.69) is 30.5 Å². The van der Waals surface area contributed by atoms with Gasteiger partial charge in [0.1, 0.15) is 28.8 Å². The van der Waals surface area contributed by atoms with E-state index in [1.165, 1.54) is 22.1 Å². The summed E-state index contributed by atoms with van der Waals surface area (Å²) in [6.45, 7) is 6.00. The highest BCUT2D eigenvalue weighted by Gasteiger charge is 2.35. The first-order chi connectivity index (χ1) is 16.3. The molecule has 12 heteroatoms. The highest BCUT2D eigenvalue weighted by molar-refractivity contribution is 6.24. The van der Waals surface area contributed by atoms with Gasteiger partial charge in [-0.05, 0) is 32.9 Å². The van der Waals surface area contributed by atoms with Crippen LogP contribution in [0.15, 0.2) is 44.3 Å². The SMILES string of the molecule is CCn1cc(C(=O)Nc2cc(C)nn2C2=NC(=O)C3C=NN(C)C3=N2)c(=O)c2ccc(C)nc21. The van der Waals surface area contributed by atoms with Gasteiger partial charge in [-0.15, -0.1) is 0 Å². The monoisotopic (exact) mass is 459 g/mol. The molecule has 0 saturated heterocycles. The molecule has 172 valence electrons. The predicted molar refractivity (Wildman–Crippen MR) is 126 cm³/mol. The van der Waals surface area contributed by atoms with Crippen LogP contribution in [0.3, 0.4) is 0 Å². The molecule has 0 saturated carbocycles. The maximum absolute atomic E-state index is 13.2. The fourth-order valence-electron chi connectivity index (χ4n) is 3.89. The molecule has 5 rings (SSSR count). The van der Waals surface area contributed by atoms with Crippen molar-refractivity contribution >= 4 is 46.7 Å². The van der Waals surface area contributed by atoms with E-state index < -0.39 is 23.2 Å². The second kappa shape index (κ2) is 7.83. The van der Waals surface area contributed by atoms with Crippen LogP contribution >= 0.6 is 0 Å². The van der Waals surface area contributed by atoms with Gasteiger partial charge in [0.05, 0.1) is 11.1 Å². The fourth-order valence-corrected chi connectivity index (χ4v) is 3.89. The van der Waals surface area contributed by atoms with Gasteiger partial charge in [0, 0.05) is 37.8 Å². The maximum Gasteiger partial charge on any atom is 0.265 e. The Hall–Kier alpha value is -4.48. The molecule has 5 heterocycles. The standard InChI is InChI=1S/C22H21N9O3/c1-5-30-10-15(17(32)13-7-6-11(2)24-19(13)30)21(34)25-16-8-12(3)28-31(16)22-26-18-14(20(33)27-22)9-23-29(18)4/h6-10,14H,5H2,1-4H3,(H,25,34). The van der Waals surface area contributed by atoms with Gasteiger partial charge >= 0.3 is 0 Å². The zero-order chi connectivity index (χ0) is 24.1. The molecule has 0 aliphatic carbocycles. The number of carbonyl (C=O) groups is 2. The number of nitrogens with one attached hydrogen (secondary N) is 1. The molecule has 0 bridgehead atoms. The van der Waals surface area contributed by atoms with Crippen LogP contribution in [0.4, 0.5) is 5.82 Å². The van der Waals surface area contributed by atoms with Crippen LogP contribution in [-0.2, 0) is 11.3 Å². The lowest BCUT2D eigenvalue weighted by molar-refractivity contribution is -0.118. The molecule has 2 amide bonds. The highest BCUT2D eigenvalue weighted by atomic mass is 16.2. The first-order valence-electron chi connectivity index (χ1n) is 10.6. The Morgan fingerprint density at radius 1 is 1.15 bits per heavy atom. The minimum atomic E-state index is -0.634. The lowest BCUT2D eigenvalue weighted by atomic mass is 10.1. The number of hydrogen-bond donors (Lipinski definition) is 1. The molecule has 1 atom stereocenters. The van der Waals surface area contributed by atoms with Gasteiger partial charge in [-0.3, -0.25) is 19.4 Å². The minimum absolute atomic E-state index is 0.00107. The van der Waals surface area contributed by atoms with Crippen LogP contribution in [0.5, 0.6) is 0 Å². The van der Waals surface area contributed by atoms with Gasteiger partial charge in [-0.2, -0.15) is 24.9 Å². The summed E-state index contributed by atoms with van der Waals surface area (Å²) in [6.07, 6.45) is 2.98. The lowest BCUT2D eigenvalue weighted by Crippen LogP contribution is -2.35. The molecule has 1 unspecified atom stereocenters. The van der Waals surface area contributed by atoms with E-state index in [-0.39, 0.29) is 17.3 Å². The van der Waals surface area contributed by atoms with Crippen LogP contribution in [0, 0.1) is 19.8 Å². The minimum Gasteiger partial charge on any atom is -0.332 e. The number of carbonyl (C=O) groups excluding carboxylic acids is 2. The smallest absolute Gasteiger partial charge is 0.265 e. The molecule has 0 fully saturated rings. The van der Waals surface area contributed by atoms with Crippen molar-refractivity contribution in [3.63, 3.8) is 0 Å². The molecule has 2 aliphatic heterocycles. The Kier molecular flexibility index (Phi) is 4.92.